The van der Waals surface area contributed by atoms with Crippen LogP contribution < -0.4 is 5.73 Å². The molecule has 14 heavy (non-hydrogen) atoms. The molecule has 0 aliphatic rings. The molecule has 1 heterocycles. The number of aliphatic hydroxyl groups excluding tert-OH is 1. The quantitative estimate of drug-likeness (QED) is 0.610. The smallest absolute Gasteiger partial charge is 0.0708 e. The summed E-state index contributed by atoms with van der Waals surface area (Å²) in [6.45, 7) is 0.00767. The van der Waals surface area contributed by atoms with Gasteiger partial charge in [0.1, 0.15) is 0 Å². The fourth-order valence-electron chi connectivity index (χ4n) is 1.52. The summed E-state index contributed by atoms with van der Waals surface area (Å²) in [6, 6.07) is 3.96. The Hall–Kier alpha value is -0.710. The first-order valence-corrected chi connectivity index (χ1v) is 6.31. The molecule has 0 spiro atoms. The zero-order chi connectivity index (χ0) is 10.1. The Kier molecular flexibility index (Phi) is 2.67. The highest BCUT2D eigenvalue weighted by Gasteiger charge is 2.09. The number of nitrogens with two attached hydrogens (primary N) is 1. The van der Waals surface area contributed by atoms with E-state index in [1.807, 2.05) is 23.8 Å². The molecule has 0 fully saturated rings. The topological polar surface area (TPSA) is 46.2 Å². The van der Waals surface area contributed by atoms with Gasteiger partial charge in [-0.05, 0) is 23.8 Å². The van der Waals surface area contributed by atoms with Gasteiger partial charge in [0.25, 0.3) is 0 Å². The average Bonchev–Trinajstić information content (AvgIpc) is 2.65. The molecule has 4 heteroatoms. The molecular formula is C10H11NOS2. The zero-order valence-corrected chi connectivity index (χ0v) is 9.41. The van der Waals surface area contributed by atoms with Gasteiger partial charge >= 0.3 is 0 Å². The second kappa shape index (κ2) is 3.81. The fourth-order valence-corrected chi connectivity index (χ4v) is 3.28. The maximum absolute atomic E-state index is 9.22. The third-order valence-electron chi connectivity index (χ3n) is 2.23. The van der Waals surface area contributed by atoms with Crippen molar-refractivity contribution in [2.75, 3.05) is 12.0 Å². The molecule has 3 N–H and O–H groups in total. The van der Waals surface area contributed by atoms with Crippen LogP contribution in [-0.2, 0) is 6.61 Å². The second-order valence-electron chi connectivity index (χ2n) is 2.97. The molecule has 0 aliphatic carbocycles. The molecule has 0 unspecified atom stereocenters. The van der Waals surface area contributed by atoms with Crippen LogP contribution in [0.25, 0.3) is 10.1 Å². The van der Waals surface area contributed by atoms with Crippen molar-refractivity contribution in [3.05, 3.63) is 23.1 Å². The summed E-state index contributed by atoms with van der Waals surface area (Å²) in [5.41, 5.74) is 7.39. The first-order chi connectivity index (χ1) is 6.77. The number of fused-ring (bicyclic) bond motifs is 1. The number of aliphatic hydroxyl groups is 1. The number of rotatable bonds is 2. The molecule has 0 saturated heterocycles. The number of thiophene rings is 1. The summed E-state index contributed by atoms with van der Waals surface area (Å²) in [6.07, 6.45) is 2.03. The number of hydrogen-bond acceptors (Lipinski definition) is 4. The minimum absolute atomic E-state index is 0.00767. The van der Waals surface area contributed by atoms with E-state index in [4.69, 9.17) is 5.73 Å². The van der Waals surface area contributed by atoms with Gasteiger partial charge in [0.2, 0.25) is 0 Å². The first-order valence-electron chi connectivity index (χ1n) is 4.21. The number of benzene rings is 1. The van der Waals surface area contributed by atoms with Crippen molar-refractivity contribution in [1.29, 1.82) is 0 Å². The number of anilines is 1. The second-order valence-corrected chi connectivity index (χ2v) is 4.73. The van der Waals surface area contributed by atoms with E-state index in [0.717, 1.165) is 10.9 Å². The minimum Gasteiger partial charge on any atom is -0.398 e. The molecule has 1 aromatic carbocycles. The van der Waals surface area contributed by atoms with Crippen LogP contribution in [-0.4, -0.2) is 11.4 Å². The zero-order valence-electron chi connectivity index (χ0n) is 7.78. The molecule has 74 valence electrons. The Morgan fingerprint density at radius 3 is 3.00 bits per heavy atom. The number of hydrogen-bond donors (Lipinski definition) is 2. The van der Waals surface area contributed by atoms with Gasteiger partial charge < -0.3 is 10.8 Å². The molecule has 0 aliphatic heterocycles. The molecule has 0 atom stereocenters. The molecule has 1 aromatic heterocycles. The molecule has 0 saturated carbocycles. The normalized spacial score (nSPS) is 11.0. The lowest BCUT2D eigenvalue weighted by atomic mass is 10.1. The van der Waals surface area contributed by atoms with E-state index in [1.165, 1.54) is 9.60 Å². The van der Waals surface area contributed by atoms with Crippen molar-refractivity contribution >= 4 is 38.9 Å². The molecule has 0 radical (unpaired) electrons. The number of thioether (sulfide) groups is 1. The predicted octanol–water partition coefficient (Wildman–Crippen LogP) is 2.70. The van der Waals surface area contributed by atoms with Crippen LogP contribution in [0.3, 0.4) is 0 Å². The summed E-state index contributed by atoms with van der Waals surface area (Å²) >= 11 is 3.37. The summed E-state index contributed by atoms with van der Waals surface area (Å²) in [7, 11) is 0. The summed E-state index contributed by atoms with van der Waals surface area (Å²) in [5, 5.41) is 12.3. The van der Waals surface area contributed by atoms with Gasteiger partial charge in [-0.1, -0.05) is 0 Å². The lowest BCUT2D eigenvalue weighted by molar-refractivity contribution is 0.284. The van der Waals surface area contributed by atoms with Crippen molar-refractivity contribution in [1.82, 2.24) is 0 Å². The minimum atomic E-state index is 0.00767. The SMILES string of the molecule is CSc1cc(N)c(CO)c2ccsc12. The van der Waals surface area contributed by atoms with Crippen LogP contribution in [0.15, 0.2) is 22.4 Å². The van der Waals surface area contributed by atoms with E-state index in [0.29, 0.717) is 5.69 Å². The van der Waals surface area contributed by atoms with Gasteiger partial charge in [-0.2, -0.15) is 0 Å². The first kappa shape index (κ1) is 9.83. The molecule has 2 nitrogen and oxygen atoms in total. The van der Waals surface area contributed by atoms with Gasteiger partial charge in [0.15, 0.2) is 0 Å². The lowest BCUT2D eigenvalue weighted by Crippen LogP contribution is -1.95. The van der Waals surface area contributed by atoms with E-state index in [-0.39, 0.29) is 6.61 Å². The average molecular weight is 225 g/mol. The highest BCUT2D eigenvalue weighted by molar-refractivity contribution is 7.99. The Morgan fingerprint density at radius 1 is 1.57 bits per heavy atom. The molecule has 2 aromatic rings. The Balaban J connectivity index is 2.81. The van der Waals surface area contributed by atoms with Crippen LogP contribution in [0.4, 0.5) is 5.69 Å². The fraction of sp³-hybridized carbons (Fsp3) is 0.200. The summed E-state index contributed by atoms with van der Waals surface area (Å²) in [5.74, 6) is 0. The predicted molar refractivity (Wildman–Crippen MR) is 63.9 cm³/mol. The van der Waals surface area contributed by atoms with Crippen LogP contribution in [0.5, 0.6) is 0 Å². The molecular weight excluding hydrogens is 214 g/mol. The highest BCUT2D eigenvalue weighted by atomic mass is 32.2. The van der Waals surface area contributed by atoms with E-state index >= 15 is 0 Å². The van der Waals surface area contributed by atoms with Gasteiger partial charge in [0, 0.05) is 26.2 Å². The maximum Gasteiger partial charge on any atom is 0.0708 e. The van der Waals surface area contributed by atoms with Crippen LogP contribution in [0.2, 0.25) is 0 Å². The van der Waals surface area contributed by atoms with Crippen molar-refractivity contribution in [2.24, 2.45) is 0 Å². The van der Waals surface area contributed by atoms with Gasteiger partial charge in [-0.3, -0.25) is 0 Å². The lowest BCUT2D eigenvalue weighted by Gasteiger charge is -2.07. The van der Waals surface area contributed by atoms with E-state index in [2.05, 4.69) is 0 Å². The standard InChI is InChI=1S/C10H11NOS2/c1-13-9-4-8(11)7(5-12)6-2-3-14-10(6)9/h2-4,12H,5,11H2,1H3. The van der Waals surface area contributed by atoms with Crippen LogP contribution in [0.1, 0.15) is 5.56 Å². The van der Waals surface area contributed by atoms with Crippen LogP contribution in [0, 0.1) is 0 Å². The Labute approximate surface area is 90.7 Å². The van der Waals surface area contributed by atoms with Gasteiger partial charge in [0.05, 0.1) is 6.61 Å². The highest BCUT2D eigenvalue weighted by Crippen LogP contribution is 2.36. The number of nitrogen functional groups attached to an aromatic ring is 1. The summed E-state index contributed by atoms with van der Waals surface area (Å²) in [4.78, 5) is 1.18. The van der Waals surface area contributed by atoms with Gasteiger partial charge in [-0.25, -0.2) is 0 Å². The van der Waals surface area contributed by atoms with E-state index in [9.17, 15) is 5.11 Å². The van der Waals surface area contributed by atoms with Crippen molar-refractivity contribution in [3.63, 3.8) is 0 Å². The summed E-state index contributed by atoms with van der Waals surface area (Å²) < 4.78 is 1.22. The van der Waals surface area contributed by atoms with Crippen LogP contribution >= 0.6 is 23.1 Å². The third-order valence-corrected chi connectivity index (χ3v) is 4.07. The molecule has 2 rings (SSSR count). The molecule has 0 amide bonds. The van der Waals surface area contributed by atoms with Crippen molar-refractivity contribution < 1.29 is 5.11 Å². The van der Waals surface area contributed by atoms with Crippen molar-refractivity contribution in [2.45, 2.75) is 11.5 Å². The Morgan fingerprint density at radius 2 is 2.36 bits per heavy atom. The monoisotopic (exact) mass is 225 g/mol. The molecule has 0 bridgehead atoms. The van der Waals surface area contributed by atoms with Crippen molar-refractivity contribution in [3.8, 4) is 0 Å². The largest absolute Gasteiger partial charge is 0.398 e. The van der Waals surface area contributed by atoms with E-state index < -0.39 is 0 Å². The van der Waals surface area contributed by atoms with Gasteiger partial charge in [-0.15, -0.1) is 23.1 Å². The van der Waals surface area contributed by atoms with E-state index in [1.54, 1.807) is 23.1 Å². The third kappa shape index (κ3) is 1.39. The maximum atomic E-state index is 9.22. The Bertz CT molecular complexity index is 464.